The van der Waals surface area contributed by atoms with E-state index in [1.807, 2.05) is 12.1 Å². The van der Waals surface area contributed by atoms with Crippen molar-refractivity contribution < 1.29 is 0 Å². The molecule has 0 aliphatic carbocycles. The highest BCUT2D eigenvalue weighted by molar-refractivity contribution is 7.12. The number of halogens is 10. The van der Waals surface area contributed by atoms with Crippen molar-refractivity contribution in [2.45, 2.75) is 0 Å². The molecular weight excluding hydrogens is 787 g/mol. The van der Waals surface area contributed by atoms with E-state index in [1.54, 1.807) is 0 Å². The van der Waals surface area contributed by atoms with Crippen molar-refractivity contribution in [1.82, 2.24) is 0 Å². The fourth-order valence-corrected chi connectivity index (χ4v) is 8.73. The summed E-state index contributed by atoms with van der Waals surface area (Å²) in [5.41, 5.74) is 0.690. The highest BCUT2D eigenvalue weighted by atomic mass is 35.5. The van der Waals surface area contributed by atoms with Crippen LogP contribution in [-0.4, -0.2) is 0 Å². The molecule has 0 radical (unpaired) electrons. The van der Waals surface area contributed by atoms with E-state index >= 15 is 0 Å². The van der Waals surface area contributed by atoms with Crippen LogP contribution in [0.15, 0.2) is 12.1 Å². The van der Waals surface area contributed by atoms with Crippen LogP contribution in [0.1, 0.15) is 0 Å². The molecular formula is C26H2Cl10N4S2. The lowest BCUT2D eigenvalue weighted by atomic mass is 10.0. The topological polar surface area (TPSA) is 56.3 Å². The highest BCUT2D eigenvalue weighted by Crippen LogP contribution is 2.51. The summed E-state index contributed by atoms with van der Waals surface area (Å²) in [6.45, 7) is 15.0. The Hall–Kier alpha value is -1.56. The molecule has 0 saturated carbocycles. The number of benzene rings is 2. The maximum atomic E-state index is 9.63. The van der Waals surface area contributed by atoms with Gasteiger partial charge in [-0.3, -0.25) is 0 Å². The first-order chi connectivity index (χ1) is 19.8. The quantitative estimate of drug-likeness (QED) is 0.115. The van der Waals surface area contributed by atoms with Gasteiger partial charge in [-0.15, -0.1) is 22.7 Å². The minimum Gasteiger partial charge on any atom is -0.192 e. The lowest BCUT2D eigenvalue weighted by Gasteiger charge is -2.13. The average molecular weight is 789 g/mol. The number of thiophene rings is 2. The molecule has 0 saturated heterocycles. The number of rotatable bonds is 2. The molecule has 0 aliphatic rings. The highest BCUT2D eigenvalue weighted by Gasteiger charge is 2.26. The predicted molar refractivity (Wildman–Crippen MR) is 178 cm³/mol. The third-order valence-corrected chi connectivity index (χ3v) is 12.5. The van der Waals surface area contributed by atoms with Crippen molar-refractivity contribution in [2.24, 2.45) is 0 Å². The van der Waals surface area contributed by atoms with Crippen molar-refractivity contribution >= 4 is 150 Å². The van der Waals surface area contributed by atoms with Gasteiger partial charge in [-0.1, -0.05) is 116 Å². The summed E-state index contributed by atoms with van der Waals surface area (Å²) in [6.07, 6.45) is 0. The molecule has 0 spiro atoms. The second-order valence-corrected chi connectivity index (χ2v) is 13.6. The summed E-state index contributed by atoms with van der Waals surface area (Å²) in [5.74, 6) is -0.251. The van der Waals surface area contributed by atoms with Crippen LogP contribution in [0, 0.1) is 44.9 Å². The number of nitrogens with zero attached hydrogens (tertiary/aromatic N) is 4. The summed E-state index contributed by atoms with van der Waals surface area (Å²) in [4.78, 5) is 6.64. The third-order valence-electron chi connectivity index (χ3n) is 5.53. The fourth-order valence-electron chi connectivity index (χ4n) is 3.68. The van der Waals surface area contributed by atoms with Gasteiger partial charge in [0.15, 0.2) is 0 Å². The van der Waals surface area contributed by atoms with Gasteiger partial charge in [0.2, 0.25) is 0 Å². The minimum absolute atomic E-state index is 0.0536. The van der Waals surface area contributed by atoms with Gasteiger partial charge >= 0.3 is 5.82 Å². The second-order valence-electron chi connectivity index (χ2n) is 7.74. The Morgan fingerprint density at radius 3 is 1.19 bits per heavy atom. The first-order valence-electron chi connectivity index (χ1n) is 10.5. The van der Waals surface area contributed by atoms with Crippen LogP contribution < -0.4 is 9.06 Å². The molecule has 0 N–H and O–H groups in total. The smallest absolute Gasteiger partial charge is 0.192 e. The van der Waals surface area contributed by atoms with Crippen LogP contribution in [0.5, 0.6) is 0 Å². The van der Waals surface area contributed by atoms with Gasteiger partial charge in [0.05, 0.1) is 63.8 Å². The Kier molecular flexibility index (Phi) is 10.5. The number of hydrogen-bond acceptors (Lipinski definition) is 4. The lowest BCUT2D eigenvalue weighted by molar-refractivity contribution is 1.51. The van der Waals surface area contributed by atoms with Crippen molar-refractivity contribution in [1.29, 1.82) is 10.5 Å². The van der Waals surface area contributed by atoms with E-state index in [1.165, 1.54) is 12.1 Å². The maximum absolute atomic E-state index is 9.63. The Bertz CT molecular complexity index is 2010. The molecule has 208 valence electrons. The van der Waals surface area contributed by atoms with Crippen molar-refractivity contribution in [3.63, 3.8) is 0 Å². The summed E-state index contributed by atoms with van der Waals surface area (Å²) in [6, 6.07) is 6.74. The predicted octanol–water partition coefficient (Wildman–Crippen LogP) is 12.1. The lowest BCUT2D eigenvalue weighted by Crippen LogP contribution is -1.95. The molecule has 2 aromatic heterocycles. The molecule has 4 nitrogen and oxygen atoms in total. The standard InChI is InChI=1S/C26H2Cl10N4S2/c1-39-26(40-2)11-4-9(13-16(29)20(33)23(36)21(34)17(13)30)25(42-11)24-8(3-10(41-24)7(5-37)6-38)12-14(27)18(31)22(35)19(32)15(12)28/h3-4H/b25-24+. The Labute approximate surface area is 295 Å². The van der Waals surface area contributed by atoms with E-state index in [0.29, 0.717) is 20.2 Å². The molecule has 0 bridgehead atoms. The van der Waals surface area contributed by atoms with E-state index in [0.717, 1.165) is 22.7 Å². The van der Waals surface area contributed by atoms with Crippen LogP contribution in [0.2, 0.25) is 50.2 Å². The van der Waals surface area contributed by atoms with Gasteiger partial charge in [-0.25, -0.2) is 0 Å². The summed E-state index contributed by atoms with van der Waals surface area (Å²) in [5, 5.41) is 18.5. The van der Waals surface area contributed by atoms with E-state index in [4.69, 9.17) is 129 Å². The van der Waals surface area contributed by atoms with E-state index in [9.17, 15) is 10.5 Å². The van der Waals surface area contributed by atoms with Crippen molar-refractivity contribution in [2.75, 3.05) is 0 Å². The zero-order valence-corrected chi connectivity index (χ0v) is 28.7. The van der Waals surface area contributed by atoms with Gasteiger partial charge < -0.3 is 0 Å². The Balaban J connectivity index is 2.47. The summed E-state index contributed by atoms with van der Waals surface area (Å²) in [7, 11) is 0. The molecule has 0 amide bonds. The number of hydrogen-bond donors (Lipinski definition) is 0. The maximum Gasteiger partial charge on any atom is 0.536 e. The first kappa shape index (κ1) is 33.3. The van der Waals surface area contributed by atoms with Gasteiger partial charge in [-0.2, -0.15) is 20.2 Å². The van der Waals surface area contributed by atoms with Crippen molar-refractivity contribution in [3.05, 3.63) is 103 Å². The monoisotopic (exact) mass is 784 g/mol. The Morgan fingerprint density at radius 2 is 0.857 bits per heavy atom. The van der Waals surface area contributed by atoms with Gasteiger partial charge in [0.25, 0.3) is 0 Å². The minimum atomic E-state index is -0.251. The molecule has 4 aromatic rings. The zero-order chi connectivity index (χ0) is 31.2. The van der Waals surface area contributed by atoms with Crippen LogP contribution >= 0.6 is 139 Å². The second kappa shape index (κ2) is 13.2. The molecule has 42 heavy (non-hydrogen) atoms. The van der Waals surface area contributed by atoms with E-state index < -0.39 is 0 Å². The molecule has 0 fully saturated rings. The van der Waals surface area contributed by atoms with E-state index in [2.05, 4.69) is 9.69 Å². The SMILES string of the molecule is [C-]#[N+]C([N+]#[C-])=c1cc(-c2c(Cl)c(Cl)c(Cl)c(Cl)c2Cl)/c(=c2\sc(=C(C#N)C#N)cc2-c2c(Cl)c(Cl)c(Cl)c(Cl)c2Cl)s1. The van der Waals surface area contributed by atoms with Gasteiger partial charge in [0, 0.05) is 22.3 Å². The molecule has 0 atom stereocenters. The molecule has 2 heterocycles. The third kappa shape index (κ3) is 5.56. The normalized spacial score (nSPS) is 11.4. The van der Waals surface area contributed by atoms with E-state index in [-0.39, 0.29) is 81.8 Å². The van der Waals surface area contributed by atoms with Gasteiger partial charge in [0.1, 0.15) is 35.4 Å². The molecule has 0 aliphatic heterocycles. The van der Waals surface area contributed by atoms with Crippen LogP contribution in [0.25, 0.3) is 43.3 Å². The first-order valence-corrected chi connectivity index (χ1v) is 15.9. The van der Waals surface area contributed by atoms with Gasteiger partial charge in [-0.05, 0) is 12.1 Å². The largest absolute Gasteiger partial charge is 0.536 e. The number of nitriles is 2. The molecule has 16 heteroatoms. The zero-order valence-electron chi connectivity index (χ0n) is 19.5. The van der Waals surface area contributed by atoms with Crippen molar-refractivity contribution in [3.8, 4) is 34.4 Å². The molecule has 0 unspecified atom stereocenters. The van der Waals surface area contributed by atoms with Crippen LogP contribution in [0.3, 0.4) is 0 Å². The Morgan fingerprint density at radius 1 is 0.548 bits per heavy atom. The molecule has 4 rings (SSSR count). The van der Waals surface area contributed by atoms with Crippen LogP contribution in [0.4, 0.5) is 0 Å². The summed E-state index contributed by atoms with van der Waals surface area (Å²) < 4.78 is 1.24. The average Bonchev–Trinajstić information content (AvgIpc) is 3.59. The molecule has 2 aromatic carbocycles. The fraction of sp³-hybridized carbons (Fsp3) is 0. The summed E-state index contributed by atoms with van der Waals surface area (Å²) >= 11 is 66.5. The van der Waals surface area contributed by atoms with Crippen LogP contribution in [-0.2, 0) is 0 Å².